The quantitative estimate of drug-likeness (QED) is 0.369. The van der Waals surface area contributed by atoms with Crippen LogP contribution in [0.4, 0.5) is 0 Å². The average molecular weight is 248 g/mol. The third-order valence-electron chi connectivity index (χ3n) is 2.27. The Kier molecular flexibility index (Phi) is 4.37. The van der Waals surface area contributed by atoms with Gasteiger partial charge >= 0.3 is 11.9 Å². The molecule has 0 spiro atoms. The van der Waals surface area contributed by atoms with Gasteiger partial charge in [-0.3, -0.25) is 4.79 Å². The van der Waals surface area contributed by atoms with E-state index in [2.05, 4.69) is 6.58 Å². The molecule has 0 fully saturated rings. The van der Waals surface area contributed by atoms with E-state index in [1.54, 1.807) is 18.2 Å². The van der Waals surface area contributed by atoms with Gasteiger partial charge in [-0.2, -0.15) is 0 Å². The van der Waals surface area contributed by atoms with Crippen LogP contribution in [0.3, 0.4) is 0 Å². The number of carbonyl (C=O) groups excluding carboxylic acids is 2. The summed E-state index contributed by atoms with van der Waals surface area (Å²) in [6, 6.07) is 7.87. The Bertz CT molecular complexity index is 489. The first kappa shape index (κ1) is 13.6. The number of esters is 1. The van der Waals surface area contributed by atoms with Gasteiger partial charge in [-0.15, -0.1) is 0 Å². The van der Waals surface area contributed by atoms with Crippen LogP contribution in [0, 0.1) is 0 Å². The van der Waals surface area contributed by atoms with Gasteiger partial charge in [0.2, 0.25) is 0 Å². The van der Waals surface area contributed by atoms with E-state index >= 15 is 0 Å². The number of Topliss-reactive ketones (excluding diaryl/α,β-unsaturated/α-hetero) is 1. The van der Waals surface area contributed by atoms with Gasteiger partial charge in [-0.1, -0.05) is 36.9 Å². The number of carboxylic acid groups (broad SMARTS) is 1. The van der Waals surface area contributed by atoms with E-state index in [9.17, 15) is 14.4 Å². The van der Waals surface area contributed by atoms with Gasteiger partial charge in [0.1, 0.15) is 6.10 Å². The van der Waals surface area contributed by atoms with Gasteiger partial charge in [0, 0.05) is 5.56 Å². The number of hydrogen-bond acceptors (Lipinski definition) is 4. The molecule has 0 aliphatic heterocycles. The van der Waals surface area contributed by atoms with Crippen LogP contribution in [0.25, 0.3) is 0 Å². The van der Waals surface area contributed by atoms with Gasteiger partial charge in [-0.25, -0.2) is 9.59 Å². The number of ether oxygens (including phenoxy) is 1. The molecule has 0 amide bonds. The zero-order chi connectivity index (χ0) is 13.7. The molecule has 0 radical (unpaired) electrons. The van der Waals surface area contributed by atoms with E-state index in [1.165, 1.54) is 19.1 Å². The summed E-state index contributed by atoms with van der Waals surface area (Å²) in [5, 5.41) is 8.65. The molecular weight excluding hydrogens is 236 g/mol. The van der Waals surface area contributed by atoms with E-state index in [0.29, 0.717) is 0 Å². The highest BCUT2D eigenvalue weighted by molar-refractivity contribution is 6.40. The molecule has 1 atom stereocenters. The van der Waals surface area contributed by atoms with Crippen molar-refractivity contribution in [3.8, 4) is 0 Å². The molecule has 0 aromatic heterocycles. The van der Waals surface area contributed by atoms with Crippen LogP contribution in [0.15, 0.2) is 42.5 Å². The fraction of sp³-hybridized carbons (Fsp3) is 0.154. The third-order valence-corrected chi connectivity index (χ3v) is 2.27. The van der Waals surface area contributed by atoms with Crippen molar-refractivity contribution in [2.75, 3.05) is 0 Å². The molecule has 0 saturated heterocycles. The number of benzene rings is 1. The molecule has 18 heavy (non-hydrogen) atoms. The molecule has 0 heterocycles. The minimum Gasteiger partial charge on any atom is -0.478 e. The van der Waals surface area contributed by atoms with Crippen molar-refractivity contribution in [1.82, 2.24) is 0 Å². The van der Waals surface area contributed by atoms with Crippen molar-refractivity contribution in [3.63, 3.8) is 0 Å². The maximum atomic E-state index is 11.6. The predicted octanol–water partition coefficient (Wildman–Crippen LogP) is 1.44. The van der Waals surface area contributed by atoms with E-state index in [0.717, 1.165) is 0 Å². The Morgan fingerprint density at radius 1 is 1.22 bits per heavy atom. The second kappa shape index (κ2) is 5.77. The molecule has 1 rings (SSSR count). The summed E-state index contributed by atoms with van der Waals surface area (Å²) in [6.07, 6.45) is -1.05. The molecule has 0 aliphatic rings. The number of ketones is 1. The molecule has 1 aromatic carbocycles. The van der Waals surface area contributed by atoms with Gasteiger partial charge < -0.3 is 9.84 Å². The second-order valence-electron chi connectivity index (χ2n) is 3.57. The molecule has 1 aromatic rings. The summed E-state index contributed by atoms with van der Waals surface area (Å²) in [5.41, 5.74) is -0.0974. The number of hydrogen-bond donors (Lipinski definition) is 1. The first-order chi connectivity index (χ1) is 8.43. The topological polar surface area (TPSA) is 80.7 Å². The number of rotatable bonds is 5. The van der Waals surface area contributed by atoms with Crippen LogP contribution < -0.4 is 0 Å². The van der Waals surface area contributed by atoms with Crippen LogP contribution >= 0.6 is 0 Å². The van der Waals surface area contributed by atoms with Crippen molar-refractivity contribution in [3.05, 3.63) is 48.0 Å². The first-order valence-corrected chi connectivity index (χ1v) is 5.16. The Hall–Kier alpha value is -2.43. The number of carboxylic acids is 1. The first-order valence-electron chi connectivity index (χ1n) is 5.16. The summed E-state index contributed by atoms with van der Waals surface area (Å²) in [4.78, 5) is 33.7. The molecule has 5 heteroatoms. The summed E-state index contributed by atoms with van der Waals surface area (Å²) in [6.45, 7) is 4.59. The van der Waals surface area contributed by atoms with Gasteiger partial charge in [0.15, 0.2) is 0 Å². The van der Waals surface area contributed by atoms with Crippen LogP contribution in [-0.2, 0) is 14.3 Å². The highest BCUT2D eigenvalue weighted by atomic mass is 16.5. The highest BCUT2D eigenvalue weighted by Gasteiger charge is 2.23. The Morgan fingerprint density at radius 3 is 2.28 bits per heavy atom. The Labute approximate surface area is 104 Å². The smallest absolute Gasteiger partial charge is 0.380 e. The van der Waals surface area contributed by atoms with Gasteiger partial charge in [0.25, 0.3) is 5.78 Å². The normalized spacial score (nSPS) is 11.4. The van der Waals surface area contributed by atoms with Crippen LogP contribution in [0.5, 0.6) is 0 Å². The summed E-state index contributed by atoms with van der Waals surface area (Å²) in [5.74, 6) is -3.20. The predicted molar refractivity (Wildman–Crippen MR) is 63.1 cm³/mol. The van der Waals surface area contributed by atoms with Crippen LogP contribution in [-0.4, -0.2) is 28.9 Å². The summed E-state index contributed by atoms with van der Waals surface area (Å²) < 4.78 is 4.72. The third kappa shape index (κ3) is 3.28. The highest BCUT2D eigenvalue weighted by Crippen LogP contribution is 2.07. The maximum Gasteiger partial charge on any atom is 0.380 e. The van der Waals surface area contributed by atoms with E-state index in [1.807, 2.05) is 0 Å². The van der Waals surface area contributed by atoms with E-state index in [4.69, 9.17) is 9.84 Å². The lowest BCUT2D eigenvalue weighted by Gasteiger charge is -2.12. The van der Waals surface area contributed by atoms with Crippen molar-refractivity contribution in [2.45, 2.75) is 13.0 Å². The lowest BCUT2D eigenvalue weighted by Crippen LogP contribution is -2.26. The largest absolute Gasteiger partial charge is 0.478 e. The van der Waals surface area contributed by atoms with E-state index < -0.39 is 23.8 Å². The van der Waals surface area contributed by atoms with Crippen LogP contribution in [0.2, 0.25) is 0 Å². The Balaban J connectivity index is 2.70. The Morgan fingerprint density at radius 2 is 1.78 bits per heavy atom. The number of carbonyl (C=O) groups is 3. The fourth-order valence-electron chi connectivity index (χ4n) is 1.17. The standard InChI is InChI=1S/C13H12O5/c1-8(12(15)16)9(2)18-13(17)11(14)10-6-4-3-5-7-10/h3-7,9H,1H2,2H3,(H,15,16). The minimum absolute atomic E-state index is 0.190. The van der Waals surface area contributed by atoms with E-state index in [-0.39, 0.29) is 11.1 Å². The van der Waals surface area contributed by atoms with Crippen molar-refractivity contribution >= 4 is 17.7 Å². The average Bonchev–Trinajstić information content (AvgIpc) is 2.37. The minimum atomic E-state index is -1.28. The van der Waals surface area contributed by atoms with Crippen LogP contribution in [0.1, 0.15) is 17.3 Å². The molecule has 0 bridgehead atoms. The molecule has 1 unspecified atom stereocenters. The fourth-order valence-corrected chi connectivity index (χ4v) is 1.17. The molecular formula is C13H12O5. The number of aliphatic carboxylic acids is 1. The maximum absolute atomic E-state index is 11.6. The van der Waals surface area contributed by atoms with Crippen molar-refractivity contribution < 1.29 is 24.2 Å². The molecule has 94 valence electrons. The lowest BCUT2D eigenvalue weighted by molar-refractivity contribution is -0.142. The lowest BCUT2D eigenvalue weighted by atomic mass is 10.1. The van der Waals surface area contributed by atoms with Crippen molar-refractivity contribution in [1.29, 1.82) is 0 Å². The SMILES string of the molecule is C=C(C(=O)O)C(C)OC(=O)C(=O)c1ccccc1. The summed E-state index contributed by atoms with van der Waals surface area (Å²) >= 11 is 0. The zero-order valence-corrected chi connectivity index (χ0v) is 9.75. The van der Waals surface area contributed by atoms with Gasteiger partial charge in [-0.05, 0) is 6.92 Å². The summed E-state index contributed by atoms with van der Waals surface area (Å²) in [7, 11) is 0. The molecule has 0 saturated carbocycles. The molecule has 5 nitrogen and oxygen atoms in total. The monoisotopic (exact) mass is 248 g/mol. The zero-order valence-electron chi connectivity index (χ0n) is 9.75. The van der Waals surface area contributed by atoms with Crippen molar-refractivity contribution in [2.24, 2.45) is 0 Å². The molecule has 1 N–H and O–H groups in total. The molecule has 0 aliphatic carbocycles. The second-order valence-corrected chi connectivity index (χ2v) is 3.57. The van der Waals surface area contributed by atoms with Gasteiger partial charge in [0.05, 0.1) is 5.57 Å².